The minimum atomic E-state index is -1.04. The van der Waals surface area contributed by atoms with Crippen LogP contribution in [0, 0.1) is 10.1 Å². The van der Waals surface area contributed by atoms with Gasteiger partial charge in [-0.15, -0.1) is 0 Å². The smallest absolute Gasteiger partial charge is 0.328 e. The third-order valence-corrected chi connectivity index (χ3v) is 3.63. The van der Waals surface area contributed by atoms with Gasteiger partial charge in [-0.1, -0.05) is 0 Å². The van der Waals surface area contributed by atoms with E-state index in [2.05, 4.69) is 10.3 Å². The topological polar surface area (TPSA) is 121 Å². The number of carbonyl (C=O) groups excluding carboxylic acids is 2. The van der Waals surface area contributed by atoms with E-state index in [0.717, 1.165) is 0 Å². The molecule has 1 amide bonds. The van der Waals surface area contributed by atoms with Crippen molar-refractivity contribution in [1.82, 2.24) is 10.3 Å². The van der Waals surface area contributed by atoms with E-state index >= 15 is 0 Å². The standard InChI is InChI=1S/C17H17N3O6/c1-25-15-4-3-13(20(23)24)9-12(15)10-14(17(22)26-2)19-16(21)11-5-7-18-8-6-11/h3-9,14H,10H2,1-2H3,(H,19,21)/t14-/m1/s1. The number of hydrogen-bond acceptors (Lipinski definition) is 7. The highest BCUT2D eigenvalue weighted by Crippen LogP contribution is 2.25. The molecule has 9 nitrogen and oxygen atoms in total. The van der Waals surface area contributed by atoms with Crippen molar-refractivity contribution >= 4 is 17.6 Å². The first kappa shape index (κ1) is 18.8. The van der Waals surface area contributed by atoms with Crippen LogP contribution in [0.5, 0.6) is 5.75 Å². The van der Waals surface area contributed by atoms with E-state index in [4.69, 9.17) is 9.47 Å². The molecule has 0 saturated carbocycles. The normalized spacial score (nSPS) is 11.3. The van der Waals surface area contributed by atoms with E-state index < -0.39 is 22.8 Å². The van der Waals surface area contributed by atoms with Crippen LogP contribution in [0.25, 0.3) is 0 Å². The van der Waals surface area contributed by atoms with E-state index in [9.17, 15) is 19.7 Å². The Hall–Kier alpha value is -3.49. The zero-order valence-electron chi connectivity index (χ0n) is 14.2. The lowest BCUT2D eigenvalue weighted by Crippen LogP contribution is -2.43. The van der Waals surface area contributed by atoms with Gasteiger partial charge in [-0.05, 0) is 18.2 Å². The fourth-order valence-corrected chi connectivity index (χ4v) is 2.34. The number of amides is 1. The van der Waals surface area contributed by atoms with Crippen LogP contribution in [-0.2, 0) is 16.0 Å². The van der Waals surface area contributed by atoms with Crippen LogP contribution in [0.1, 0.15) is 15.9 Å². The van der Waals surface area contributed by atoms with Crippen LogP contribution in [-0.4, -0.2) is 42.0 Å². The van der Waals surface area contributed by atoms with Gasteiger partial charge in [-0.25, -0.2) is 4.79 Å². The molecule has 0 unspecified atom stereocenters. The molecule has 1 heterocycles. The summed E-state index contributed by atoms with van der Waals surface area (Å²) in [4.78, 5) is 38.6. The number of nitrogens with zero attached hydrogens (tertiary/aromatic N) is 2. The lowest BCUT2D eigenvalue weighted by molar-refractivity contribution is -0.384. The highest BCUT2D eigenvalue weighted by molar-refractivity contribution is 5.96. The molecule has 0 aliphatic heterocycles. The van der Waals surface area contributed by atoms with Crippen molar-refractivity contribution in [1.29, 1.82) is 0 Å². The zero-order chi connectivity index (χ0) is 19.1. The van der Waals surface area contributed by atoms with Crippen molar-refractivity contribution in [3.63, 3.8) is 0 Å². The Kier molecular flexibility index (Phi) is 6.20. The second kappa shape index (κ2) is 8.56. The summed E-state index contributed by atoms with van der Waals surface area (Å²) < 4.78 is 9.92. The number of nitro groups is 1. The molecule has 9 heteroatoms. The summed E-state index contributed by atoms with van der Waals surface area (Å²) in [6.45, 7) is 0. The Morgan fingerprint density at radius 1 is 1.23 bits per heavy atom. The van der Waals surface area contributed by atoms with Gasteiger partial charge in [0, 0.05) is 42.1 Å². The third kappa shape index (κ3) is 4.53. The predicted octanol–water partition coefficient (Wildman–Crippen LogP) is 1.51. The molecule has 1 aromatic heterocycles. The Balaban J connectivity index is 2.28. The Morgan fingerprint density at radius 2 is 1.92 bits per heavy atom. The van der Waals surface area contributed by atoms with Crippen LogP contribution in [0.4, 0.5) is 5.69 Å². The van der Waals surface area contributed by atoms with Crippen molar-refractivity contribution in [3.05, 3.63) is 64.0 Å². The molecule has 0 spiro atoms. The highest BCUT2D eigenvalue weighted by Gasteiger charge is 2.25. The molecule has 0 saturated heterocycles. The lowest BCUT2D eigenvalue weighted by atomic mass is 10.0. The molecular formula is C17H17N3O6. The van der Waals surface area contributed by atoms with Gasteiger partial charge in [0.1, 0.15) is 11.8 Å². The average molecular weight is 359 g/mol. The Labute approximate surface area is 149 Å². The Morgan fingerprint density at radius 3 is 2.50 bits per heavy atom. The summed E-state index contributed by atoms with van der Waals surface area (Å²) in [5.41, 5.74) is 0.567. The van der Waals surface area contributed by atoms with Gasteiger partial charge in [-0.3, -0.25) is 19.9 Å². The van der Waals surface area contributed by atoms with E-state index in [0.29, 0.717) is 16.9 Å². The maximum Gasteiger partial charge on any atom is 0.328 e. The first-order valence-corrected chi connectivity index (χ1v) is 7.56. The molecule has 0 fully saturated rings. The van der Waals surface area contributed by atoms with Gasteiger partial charge < -0.3 is 14.8 Å². The Bertz CT molecular complexity index is 809. The maximum absolute atomic E-state index is 12.3. The van der Waals surface area contributed by atoms with Crippen LogP contribution in [0.15, 0.2) is 42.7 Å². The molecule has 0 bridgehead atoms. The average Bonchev–Trinajstić information content (AvgIpc) is 2.67. The van der Waals surface area contributed by atoms with Crippen molar-refractivity contribution < 1.29 is 24.0 Å². The molecule has 26 heavy (non-hydrogen) atoms. The molecule has 1 aromatic carbocycles. The quantitative estimate of drug-likeness (QED) is 0.452. The van der Waals surface area contributed by atoms with Crippen molar-refractivity contribution in [2.45, 2.75) is 12.5 Å². The largest absolute Gasteiger partial charge is 0.496 e. The number of carbonyl (C=O) groups is 2. The van der Waals surface area contributed by atoms with E-state index in [1.807, 2.05) is 0 Å². The van der Waals surface area contributed by atoms with E-state index in [1.165, 1.54) is 56.9 Å². The number of non-ortho nitro benzene ring substituents is 1. The number of pyridine rings is 1. The van der Waals surface area contributed by atoms with Gasteiger partial charge in [0.15, 0.2) is 0 Å². The van der Waals surface area contributed by atoms with Crippen LogP contribution in [0.3, 0.4) is 0 Å². The SMILES string of the molecule is COC(=O)[C@@H](Cc1cc([N+](=O)[O-])ccc1OC)NC(=O)c1ccncc1. The molecule has 136 valence electrons. The number of rotatable bonds is 7. The number of esters is 1. The van der Waals surface area contributed by atoms with Gasteiger partial charge >= 0.3 is 5.97 Å². The molecule has 2 aromatic rings. The predicted molar refractivity (Wildman–Crippen MR) is 90.9 cm³/mol. The van der Waals surface area contributed by atoms with Crippen LogP contribution >= 0.6 is 0 Å². The summed E-state index contributed by atoms with van der Waals surface area (Å²) >= 11 is 0. The lowest BCUT2D eigenvalue weighted by Gasteiger charge is -2.18. The number of methoxy groups -OCH3 is 2. The molecule has 0 aliphatic carbocycles. The summed E-state index contributed by atoms with van der Waals surface area (Å²) in [5.74, 6) is -0.809. The zero-order valence-corrected chi connectivity index (χ0v) is 14.2. The maximum atomic E-state index is 12.3. The molecule has 1 N–H and O–H groups in total. The minimum absolute atomic E-state index is 0.0334. The minimum Gasteiger partial charge on any atom is -0.496 e. The third-order valence-electron chi connectivity index (χ3n) is 3.63. The molecular weight excluding hydrogens is 342 g/mol. The number of nitro benzene ring substituents is 1. The molecule has 0 aliphatic rings. The number of hydrogen-bond donors (Lipinski definition) is 1. The summed E-state index contributed by atoms with van der Waals surface area (Å²) in [6.07, 6.45) is 2.87. The second-order valence-electron chi connectivity index (χ2n) is 5.24. The summed E-state index contributed by atoms with van der Waals surface area (Å²) in [6, 6.07) is 5.98. The van der Waals surface area contributed by atoms with Gasteiger partial charge in [0.05, 0.1) is 19.1 Å². The first-order valence-electron chi connectivity index (χ1n) is 7.56. The first-order chi connectivity index (χ1) is 12.5. The van der Waals surface area contributed by atoms with Crippen LogP contribution in [0.2, 0.25) is 0 Å². The van der Waals surface area contributed by atoms with Gasteiger partial charge in [0.2, 0.25) is 0 Å². The second-order valence-corrected chi connectivity index (χ2v) is 5.24. The van der Waals surface area contributed by atoms with Gasteiger partial charge in [0.25, 0.3) is 11.6 Å². The molecule has 0 radical (unpaired) electrons. The summed E-state index contributed by atoms with van der Waals surface area (Å²) in [7, 11) is 2.60. The number of nitrogens with one attached hydrogen (secondary N) is 1. The van der Waals surface area contributed by atoms with Crippen molar-refractivity contribution in [3.8, 4) is 5.75 Å². The van der Waals surface area contributed by atoms with Crippen molar-refractivity contribution in [2.75, 3.05) is 14.2 Å². The van der Waals surface area contributed by atoms with Gasteiger partial charge in [-0.2, -0.15) is 0 Å². The number of ether oxygens (including phenoxy) is 2. The molecule has 1 atom stereocenters. The highest BCUT2D eigenvalue weighted by atomic mass is 16.6. The fraction of sp³-hybridized carbons (Fsp3) is 0.235. The van der Waals surface area contributed by atoms with E-state index in [-0.39, 0.29) is 12.1 Å². The number of benzene rings is 1. The fourth-order valence-electron chi connectivity index (χ4n) is 2.34. The number of aromatic nitrogens is 1. The van der Waals surface area contributed by atoms with Crippen molar-refractivity contribution in [2.24, 2.45) is 0 Å². The molecule has 2 rings (SSSR count). The summed E-state index contributed by atoms with van der Waals surface area (Å²) in [5, 5.41) is 13.6. The van der Waals surface area contributed by atoms with E-state index in [1.54, 1.807) is 0 Å². The monoisotopic (exact) mass is 359 g/mol. The van der Waals surface area contributed by atoms with Crippen LogP contribution < -0.4 is 10.1 Å².